The molecule has 0 aliphatic heterocycles. The van der Waals surface area contributed by atoms with Crippen molar-refractivity contribution >= 4 is 21.6 Å². The van der Waals surface area contributed by atoms with Crippen molar-refractivity contribution in [3.8, 4) is 5.75 Å². The fourth-order valence-corrected chi connectivity index (χ4v) is 2.15. The second kappa shape index (κ2) is 5.40. The number of benzene rings is 2. The molecule has 94 valence electrons. The van der Waals surface area contributed by atoms with Gasteiger partial charge in [0.2, 0.25) is 0 Å². The maximum atomic E-state index is 13.2. The van der Waals surface area contributed by atoms with Gasteiger partial charge in [-0.1, -0.05) is 12.1 Å². The molecule has 0 aliphatic carbocycles. The zero-order valence-corrected chi connectivity index (χ0v) is 11.5. The molecule has 0 fully saturated rings. The first-order chi connectivity index (χ1) is 8.56. The van der Waals surface area contributed by atoms with Crippen LogP contribution in [0.5, 0.6) is 5.75 Å². The van der Waals surface area contributed by atoms with Crippen LogP contribution in [-0.4, -0.2) is 0 Å². The molecule has 18 heavy (non-hydrogen) atoms. The highest BCUT2D eigenvalue weighted by Crippen LogP contribution is 2.26. The number of nitrogens with two attached hydrogens (primary N) is 1. The van der Waals surface area contributed by atoms with E-state index in [1.54, 1.807) is 6.07 Å². The lowest BCUT2D eigenvalue weighted by molar-refractivity contribution is 0.303. The average Bonchev–Trinajstić information content (AvgIpc) is 2.32. The number of anilines is 1. The average molecular weight is 310 g/mol. The van der Waals surface area contributed by atoms with Crippen molar-refractivity contribution in [1.29, 1.82) is 0 Å². The van der Waals surface area contributed by atoms with E-state index in [0.29, 0.717) is 6.61 Å². The fourth-order valence-electron chi connectivity index (χ4n) is 1.54. The molecule has 0 aliphatic rings. The molecule has 0 bridgehead atoms. The van der Waals surface area contributed by atoms with Crippen molar-refractivity contribution in [2.45, 2.75) is 13.5 Å². The lowest BCUT2D eigenvalue weighted by atomic mass is 10.2. The minimum atomic E-state index is -0.418. The van der Waals surface area contributed by atoms with Gasteiger partial charge in [0.05, 0.1) is 10.2 Å². The van der Waals surface area contributed by atoms with Crippen LogP contribution in [0.4, 0.5) is 10.1 Å². The molecule has 0 heterocycles. The summed E-state index contributed by atoms with van der Waals surface area (Å²) in [7, 11) is 0. The largest absolute Gasteiger partial charge is 0.488 e. The molecule has 0 saturated carbocycles. The van der Waals surface area contributed by atoms with E-state index in [-0.39, 0.29) is 5.69 Å². The van der Waals surface area contributed by atoms with Crippen LogP contribution in [0, 0.1) is 12.7 Å². The molecule has 0 unspecified atom stereocenters. The standard InChI is InChI=1S/C14H13BrFNO/c1-9-2-5-14(11(15)6-9)18-8-10-3-4-13(17)12(16)7-10/h2-7H,8,17H2,1H3. The van der Waals surface area contributed by atoms with Crippen LogP contribution >= 0.6 is 15.9 Å². The fraction of sp³-hybridized carbons (Fsp3) is 0.143. The Morgan fingerprint density at radius 1 is 1.22 bits per heavy atom. The highest BCUT2D eigenvalue weighted by atomic mass is 79.9. The van der Waals surface area contributed by atoms with E-state index in [9.17, 15) is 4.39 Å². The Kier molecular flexibility index (Phi) is 3.87. The number of hydrogen-bond acceptors (Lipinski definition) is 2. The normalized spacial score (nSPS) is 10.4. The quantitative estimate of drug-likeness (QED) is 0.868. The summed E-state index contributed by atoms with van der Waals surface area (Å²) in [5.74, 6) is 0.317. The Morgan fingerprint density at radius 3 is 2.67 bits per heavy atom. The minimum Gasteiger partial charge on any atom is -0.488 e. The summed E-state index contributed by atoms with van der Waals surface area (Å²) in [4.78, 5) is 0. The van der Waals surface area contributed by atoms with Crippen LogP contribution in [0.3, 0.4) is 0 Å². The van der Waals surface area contributed by atoms with Crippen molar-refractivity contribution < 1.29 is 9.13 Å². The third-order valence-corrected chi connectivity index (χ3v) is 3.17. The highest BCUT2D eigenvalue weighted by molar-refractivity contribution is 9.10. The second-order valence-corrected chi connectivity index (χ2v) is 4.93. The van der Waals surface area contributed by atoms with E-state index in [1.807, 2.05) is 25.1 Å². The van der Waals surface area contributed by atoms with E-state index in [1.165, 1.54) is 12.1 Å². The summed E-state index contributed by atoms with van der Waals surface area (Å²) >= 11 is 3.43. The molecule has 2 N–H and O–H groups in total. The van der Waals surface area contributed by atoms with Gasteiger partial charge in [-0.2, -0.15) is 0 Å². The summed E-state index contributed by atoms with van der Waals surface area (Å²) in [5.41, 5.74) is 7.45. The van der Waals surface area contributed by atoms with Gasteiger partial charge >= 0.3 is 0 Å². The first kappa shape index (κ1) is 12.9. The summed E-state index contributed by atoms with van der Waals surface area (Å²) in [5, 5.41) is 0. The first-order valence-electron chi connectivity index (χ1n) is 5.49. The maximum Gasteiger partial charge on any atom is 0.146 e. The molecule has 2 aromatic carbocycles. The molecular weight excluding hydrogens is 297 g/mol. The highest BCUT2D eigenvalue weighted by Gasteiger charge is 2.04. The van der Waals surface area contributed by atoms with Crippen molar-refractivity contribution in [1.82, 2.24) is 0 Å². The zero-order chi connectivity index (χ0) is 13.1. The number of aryl methyl sites for hydroxylation is 1. The van der Waals surface area contributed by atoms with Crippen LogP contribution in [0.25, 0.3) is 0 Å². The molecule has 0 aromatic heterocycles. The Labute approximate surface area is 114 Å². The van der Waals surface area contributed by atoms with Crippen LogP contribution in [0.1, 0.15) is 11.1 Å². The zero-order valence-electron chi connectivity index (χ0n) is 9.91. The molecule has 2 aromatic rings. The molecule has 0 radical (unpaired) electrons. The van der Waals surface area contributed by atoms with Gasteiger partial charge in [0.25, 0.3) is 0 Å². The predicted molar refractivity (Wildman–Crippen MR) is 74.0 cm³/mol. The van der Waals surface area contributed by atoms with Crippen molar-refractivity contribution in [2.75, 3.05) is 5.73 Å². The number of hydrogen-bond donors (Lipinski definition) is 1. The van der Waals surface area contributed by atoms with E-state index < -0.39 is 5.82 Å². The van der Waals surface area contributed by atoms with Gasteiger partial charge < -0.3 is 10.5 Å². The maximum absolute atomic E-state index is 13.2. The van der Waals surface area contributed by atoms with Crippen LogP contribution in [-0.2, 0) is 6.61 Å². The van der Waals surface area contributed by atoms with Gasteiger partial charge in [-0.05, 0) is 58.2 Å². The van der Waals surface area contributed by atoms with Gasteiger partial charge in [-0.25, -0.2) is 4.39 Å². The van der Waals surface area contributed by atoms with E-state index in [2.05, 4.69) is 15.9 Å². The summed E-state index contributed by atoms with van der Waals surface area (Å²) < 4.78 is 19.8. The Bertz CT molecular complexity index is 572. The van der Waals surface area contributed by atoms with Crippen LogP contribution < -0.4 is 10.5 Å². The Balaban J connectivity index is 2.09. The summed E-state index contributed by atoms with van der Waals surface area (Å²) in [6, 6.07) is 10.5. The van der Waals surface area contributed by atoms with E-state index in [0.717, 1.165) is 21.3 Å². The molecule has 2 rings (SSSR count). The Hall–Kier alpha value is -1.55. The van der Waals surface area contributed by atoms with Gasteiger partial charge in [-0.15, -0.1) is 0 Å². The van der Waals surface area contributed by atoms with Gasteiger partial charge in [0, 0.05) is 0 Å². The SMILES string of the molecule is Cc1ccc(OCc2ccc(N)c(F)c2)c(Br)c1. The van der Waals surface area contributed by atoms with Crippen LogP contribution in [0.15, 0.2) is 40.9 Å². The van der Waals surface area contributed by atoms with E-state index in [4.69, 9.17) is 10.5 Å². The van der Waals surface area contributed by atoms with Crippen molar-refractivity contribution in [3.05, 3.63) is 57.8 Å². The van der Waals surface area contributed by atoms with Gasteiger partial charge in [-0.3, -0.25) is 0 Å². The Morgan fingerprint density at radius 2 is 2.00 bits per heavy atom. The molecule has 0 amide bonds. The minimum absolute atomic E-state index is 0.148. The van der Waals surface area contributed by atoms with Crippen molar-refractivity contribution in [3.63, 3.8) is 0 Å². The van der Waals surface area contributed by atoms with Crippen LogP contribution in [0.2, 0.25) is 0 Å². The van der Waals surface area contributed by atoms with Crippen molar-refractivity contribution in [2.24, 2.45) is 0 Å². The third-order valence-electron chi connectivity index (χ3n) is 2.55. The predicted octanol–water partition coefficient (Wildman–Crippen LogP) is 4.06. The molecule has 4 heteroatoms. The summed E-state index contributed by atoms with van der Waals surface area (Å²) in [6.07, 6.45) is 0. The number of ether oxygens (including phenoxy) is 1. The van der Waals surface area contributed by atoms with E-state index >= 15 is 0 Å². The molecule has 0 spiro atoms. The lowest BCUT2D eigenvalue weighted by Gasteiger charge is -2.09. The first-order valence-corrected chi connectivity index (χ1v) is 6.28. The third kappa shape index (κ3) is 3.01. The summed E-state index contributed by atoms with van der Waals surface area (Å²) in [6.45, 7) is 2.31. The second-order valence-electron chi connectivity index (χ2n) is 4.08. The molecule has 2 nitrogen and oxygen atoms in total. The number of halogens is 2. The molecule has 0 atom stereocenters. The molecular formula is C14H13BrFNO. The van der Waals surface area contributed by atoms with Gasteiger partial charge in [0.1, 0.15) is 18.2 Å². The monoisotopic (exact) mass is 309 g/mol. The number of rotatable bonds is 3. The lowest BCUT2D eigenvalue weighted by Crippen LogP contribution is -1.98. The number of nitrogen functional groups attached to an aromatic ring is 1. The molecule has 0 saturated heterocycles. The van der Waals surface area contributed by atoms with Gasteiger partial charge in [0.15, 0.2) is 0 Å². The topological polar surface area (TPSA) is 35.2 Å². The smallest absolute Gasteiger partial charge is 0.146 e.